The number of carboxylic acid groups (broad SMARTS) is 1. The third-order valence-corrected chi connectivity index (χ3v) is 5.63. The maximum absolute atomic E-state index is 12.2. The van der Waals surface area contributed by atoms with Gasteiger partial charge in [-0.3, -0.25) is 14.7 Å². The molecule has 22 heavy (non-hydrogen) atoms. The molecule has 1 fully saturated rings. The largest absolute Gasteiger partial charge is 0.477 e. The molecule has 7 nitrogen and oxygen atoms in total. The highest BCUT2D eigenvalue weighted by Crippen LogP contribution is 2.41. The predicted octanol–water partition coefficient (Wildman–Crippen LogP) is 0.597. The molecule has 0 saturated carbocycles. The summed E-state index contributed by atoms with van der Waals surface area (Å²) in [5, 5.41) is 7.44. The molecule has 1 N–H and O–H groups in total. The second-order valence-electron chi connectivity index (χ2n) is 4.75. The Morgan fingerprint density at radius 2 is 2.18 bits per heavy atom. The van der Waals surface area contributed by atoms with Gasteiger partial charge in [-0.05, 0) is 18.2 Å². The van der Waals surface area contributed by atoms with Gasteiger partial charge in [0.2, 0.25) is 0 Å². The Morgan fingerprint density at radius 1 is 1.45 bits per heavy atom. The van der Waals surface area contributed by atoms with E-state index in [1.165, 1.54) is 12.3 Å². The van der Waals surface area contributed by atoms with Gasteiger partial charge in [-0.1, -0.05) is 17.7 Å². The van der Waals surface area contributed by atoms with Crippen molar-refractivity contribution in [3.8, 4) is 0 Å². The molecule has 3 rings (SSSR count). The number of fused-ring (bicyclic) bond motifs is 1. The van der Waals surface area contributed by atoms with Crippen LogP contribution < -0.4 is 0 Å². The number of nitrogens with zero attached hydrogens (tertiary/aromatic N) is 2. The van der Waals surface area contributed by atoms with Crippen LogP contribution in [0.3, 0.4) is 0 Å². The highest BCUT2D eigenvalue weighted by Gasteiger charge is 2.56. The van der Waals surface area contributed by atoms with Gasteiger partial charge in [0.15, 0.2) is 15.2 Å². The van der Waals surface area contributed by atoms with E-state index >= 15 is 0 Å². The standard InChI is InChI=1S/C13H9ClN2O5S/c14-9-6-22(20,21)12-8(5-7-3-1-2-4-15-7)11(17)16(12)10(9)13(18)19/h1-5,12H,6H2,(H,18,19)/t12-/m1/s1. The monoisotopic (exact) mass is 340 g/mol. The van der Waals surface area contributed by atoms with Crippen molar-refractivity contribution >= 4 is 39.4 Å². The number of aliphatic carboxylic acids is 1. The number of rotatable bonds is 2. The van der Waals surface area contributed by atoms with Gasteiger partial charge in [0.05, 0.1) is 22.1 Å². The molecular formula is C13H9ClN2O5S. The summed E-state index contributed by atoms with van der Waals surface area (Å²) in [5.74, 6) is -2.74. The Bertz CT molecular complexity index is 844. The average Bonchev–Trinajstić information content (AvgIpc) is 2.44. The normalized spacial score (nSPS) is 25.0. The predicted molar refractivity (Wildman–Crippen MR) is 77.1 cm³/mol. The number of aromatic nitrogens is 1. The number of hydrogen-bond donors (Lipinski definition) is 1. The lowest BCUT2D eigenvalue weighted by Crippen LogP contribution is -2.61. The Kier molecular flexibility index (Phi) is 3.30. The van der Waals surface area contributed by atoms with Gasteiger partial charge in [-0.25, -0.2) is 13.2 Å². The molecule has 3 heterocycles. The first-order chi connectivity index (χ1) is 10.3. The van der Waals surface area contributed by atoms with Gasteiger partial charge >= 0.3 is 5.97 Å². The fraction of sp³-hybridized carbons (Fsp3) is 0.154. The lowest BCUT2D eigenvalue weighted by Gasteiger charge is -2.44. The van der Waals surface area contributed by atoms with E-state index < -0.39 is 38.5 Å². The number of pyridine rings is 1. The molecule has 1 saturated heterocycles. The molecule has 2 aliphatic heterocycles. The number of carbonyl (C=O) groups excluding carboxylic acids is 1. The van der Waals surface area contributed by atoms with Crippen molar-refractivity contribution < 1.29 is 23.1 Å². The van der Waals surface area contributed by atoms with E-state index in [0.717, 1.165) is 0 Å². The summed E-state index contributed by atoms with van der Waals surface area (Å²) in [6.07, 6.45) is 2.85. The van der Waals surface area contributed by atoms with Crippen molar-refractivity contribution in [2.24, 2.45) is 0 Å². The quantitative estimate of drug-likeness (QED) is 0.624. The van der Waals surface area contributed by atoms with E-state index in [-0.39, 0.29) is 10.6 Å². The summed E-state index contributed by atoms with van der Waals surface area (Å²) in [4.78, 5) is 28.1. The van der Waals surface area contributed by atoms with Gasteiger partial charge < -0.3 is 5.11 Å². The number of β-lactam (4-membered cyclic amide) rings is 1. The molecule has 1 aromatic heterocycles. The molecule has 0 aromatic carbocycles. The first-order valence-corrected chi connectivity index (χ1v) is 8.22. The van der Waals surface area contributed by atoms with Crippen molar-refractivity contribution in [2.75, 3.05) is 5.75 Å². The third-order valence-electron chi connectivity index (χ3n) is 3.33. The second-order valence-corrected chi connectivity index (χ2v) is 7.26. The SMILES string of the molecule is O=C(O)C1=C(Cl)CS(=O)(=O)[C@@H]2C(=Cc3ccccn3)C(=O)N12. The number of hydrogen-bond acceptors (Lipinski definition) is 5. The number of carboxylic acids is 1. The van der Waals surface area contributed by atoms with Crippen LogP contribution in [-0.2, 0) is 19.4 Å². The van der Waals surface area contributed by atoms with E-state index in [4.69, 9.17) is 16.7 Å². The second kappa shape index (κ2) is 4.92. The Balaban J connectivity index is 2.10. The van der Waals surface area contributed by atoms with Crippen LogP contribution >= 0.6 is 11.6 Å². The summed E-state index contributed by atoms with van der Waals surface area (Å²) in [6.45, 7) is 0. The highest BCUT2D eigenvalue weighted by molar-refractivity contribution is 7.92. The van der Waals surface area contributed by atoms with Crippen LogP contribution in [-0.4, -0.2) is 46.4 Å². The van der Waals surface area contributed by atoms with Crippen LogP contribution in [0.1, 0.15) is 5.69 Å². The van der Waals surface area contributed by atoms with E-state index in [1.54, 1.807) is 18.2 Å². The van der Waals surface area contributed by atoms with Gasteiger partial charge in [-0.15, -0.1) is 0 Å². The first-order valence-electron chi connectivity index (χ1n) is 6.12. The Labute approximate surface area is 130 Å². The Morgan fingerprint density at radius 3 is 2.77 bits per heavy atom. The van der Waals surface area contributed by atoms with Crippen molar-refractivity contribution in [3.63, 3.8) is 0 Å². The number of sulfone groups is 1. The van der Waals surface area contributed by atoms with Crippen LogP contribution in [0.4, 0.5) is 0 Å². The summed E-state index contributed by atoms with van der Waals surface area (Å²) >= 11 is 5.72. The van der Waals surface area contributed by atoms with Crippen LogP contribution in [0.2, 0.25) is 0 Å². The number of amides is 1. The van der Waals surface area contributed by atoms with Crippen molar-refractivity contribution in [2.45, 2.75) is 5.37 Å². The van der Waals surface area contributed by atoms with Crippen LogP contribution in [0.25, 0.3) is 6.08 Å². The van der Waals surface area contributed by atoms with Crippen LogP contribution in [0.15, 0.2) is 40.7 Å². The lowest BCUT2D eigenvalue weighted by atomic mass is 10.0. The van der Waals surface area contributed by atoms with E-state index in [0.29, 0.717) is 10.6 Å². The molecule has 0 aliphatic carbocycles. The van der Waals surface area contributed by atoms with Gasteiger partial charge in [-0.2, -0.15) is 0 Å². The van der Waals surface area contributed by atoms with Crippen LogP contribution in [0.5, 0.6) is 0 Å². The number of carbonyl (C=O) groups is 2. The molecule has 9 heteroatoms. The molecule has 1 atom stereocenters. The van der Waals surface area contributed by atoms with E-state index in [2.05, 4.69) is 4.98 Å². The summed E-state index contributed by atoms with van der Waals surface area (Å²) in [6, 6.07) is 4.98. The van der Waals surface area contributed by atoms with Crippen molar-refractivity contribution in [1.82, 2.24) is 9.88 Å². The zero-order chi connectivity index (χ0) is 16.1. The van der Waals surface area contributed by atoms with Gasteiger partial charge in [0.25, 0.3) is 5.91 Å². The molecule has 0 radical (unpaired) electrons. The van der Waals surface area contributed by atoms with Crippen LogP contribution in [0, 0.1) is 0 Å². The maximum Gasteiger partial charge on any atom is 0.353 e. The van der Waals surface area contributed by atoms with Gasteiger partial charge in [0, 0.05) is 6.20 Å². The average molecular weight is 341 g/mol. The molecule has 0 bridgehead atoms. The summed E-state index contributed by atoms with van der Waals surface area (Å²) in [7, 11) is -3.79. The third kappa shape index (κ3) is 2.11. The van der Waals surface area contributed by atoms with E-state index in [9.17, 15) is 18.0 Å². The Hall–Kier alpha value is -2.19. The number of halogens is 1. The molecule has 0 unspecified atom stereocenters. The molecular weight excluding hydrogens is 332 g/mol. The summed E-state index contributed by atoms with van der Waals surface area (Å²) in [5.41, 5.74) is -0.0792. The minimum atomic E-state index is -3.79. The fourth-order valence-electron chi connectivity index (χ4n) is 2.42. The van der Waals surface area contributed by atoms with Crippen molar-refractivity contribution in [3.05, 3.63) is 46.4 Å². The zero-order valence-corrected chi connectivity index (χ0v) is 12.5. The molecule has 0 spiro atoms. The smallest absolute Gasteiger partial charge is 0.353 e. The van der Waals surface area contributed by atoms with E-state index in [1.807, 2.05) is 0 Å². The minimum absolute atomic E-state index is 0.0124. The summed E-state index contributed by atoms with van der Waals surface area (Å²) < 4.78 is 24.4. The van der Waals surface area contributed by atoms with Gasteiger partial charge in [0.1, 0.15) is 5.70 Å². The lowest BCUT2D eigenvalue weighted by molar-refractivity contribution is -0.141. The fourth-order valence-corrected chi connectivity index (χ4v) is 4.78. The topological polar surface area (TPSA) is 105 Å². The maximum atomic E-state index is 12.2. The molecule has 1 aromatic rings. The zero-order valence-electron chi connectivity index (χ0n) is 10.9. The highest BCUT2D eigenvalue weighted by atomic mass is 35.5. The van der Waals surface area contributed by atoms with Crippen molar-refractivity contribution in [1.29, 1.82) is 0 Å². The molecule has 1 amide bonds. The minimum Gasteiger partial charge on any atom is -0.477 e. The molecule has 2 aliphatic rings. The first kappa shape index (κ1) is 14.7. The molecule has 114 valence electrons.